The minimum absolute atomic E-state index is 0.181. The average molecular weight is 309 g/mol. The van der Waals surface area contributed by atoms with Crippen molar-refractivity contribution in [2.75, 3.05) is 19.6 Å². The molecule has 1 saturated carbocycles. The topological polar surface area (TPSA) is 58.4 Å². The van der Waals surface area contributed by atoms with Crippen LogP contribution in [0.15, 0.2) is 0 Å². The third-order valence-corrected chi connectivity index (χ3v) is 4.30. The zero-order chi connectivity index (χ0) is 16.0. The number of hydrogen-bond donors (Lipinski definition) is 2. The first kappa shape index (κ1) is 18.2. The van der Waals surface area contributed by atoms with Crippen molar-refractivity contribution in [2.24, 2.45) is 11.7 Å². The molecule has 3 unspecified atom stereocenters. The minimum Gasteiger partial charge on any atom is -0.346 e. The van der Waals surface area contributed by atoms with Crippen LogP contribution in [0.3, 0.4) is 0 Å². The first-order valence-corrected chi connectivity index (χ1v) is 7.60. The highest BCUT2D eigenvalue weighted by molar-refractivity contribution is 5.81. The van der Waals surface area contributed by atoms with Crippen LogP contribution in [0.1, 0.15) is 39.5 Å². The van der Waals surface area contributed by atoms with E-state index in [-0.39, 0.29) is 6.04 Å². The highest BCUT2D eigenvalue weighted by Gasteiger charge is 2.35. The highest BCUT2D eigenvalue weighted by atomic mass is 19.4. The third kappa shape index (κ3) is 5.47. The van der Waals surface area contributed by atoms with Crippen molar-refractivity contribution in [1.82, 2.24) is 10.2 Å². The summed E-state index contributed by atoms with van der Waals surface area (Å²) in [7, 11) is 0. The molecule has 1 aliphatic carbocycles. The molecule has 0 spiro atoms. The molecular weight excluding hydrogens is 283 g/mol. The molecule has 0 saturated heterocycles. The smallest absolute Gasteiger partial charge is 0.346 e. The Morgan fingerprint density at radius 1 is 1.38 bits per heavy atom. The zero-order valence-electron chi connectivity index (χ0n) is 12.7. The Balaban J connectivity index is 2.66. The molecule has 3 atom stereocenters. The fourth-order valence-corrected chi connectivity index (χ4v) is 3.18. The first-order valence-electron chi connectivity index (χ1n) is 7.60. The third-order valence-electron chi connectivity index (χ3n) is 4.30. The van der Waals surface area contributed by atoms with Gasteiger partial charge in [0.1, 0.15) is 6.54 Å². The predicted molar refractivity (Wildman–Crippen MR) is 75.7 cm³/mol. The molecule has 3 N–H and O–H groups in total. The van der Waals surface area contributed by atoms with E-state index in [1.54, 1.807) is 6.92 Å². The zero-order valence-corrected chi connectivity index (χ0v) is 12.7. The number of rotatable bonds is 6. The van der Waals surface area contributed by atoms with Crippen LogP contribution in [0.4, 0.5) is 13.2 Å². The number of nitrogens with two attached hydrogens (primary N) is 1. The SMILES string of the molecule is CCN(C(C)C(=O)NCC(F)(F)F)C1CCCCC1CN. The van der Waals surface area contributed by atoms with Crippen LogP contribution in [-0.4, -0.2) is 48.7 Å². The maximum Gasteiger partial charge on any atom is 0.405 e. The molecule has 7 heteroatoms. The van der Waals surface area contributed by atoms with Gasteiger partial charge >= 0.3 is 6.18 Å². The average Bonchev–Trinajstić information content (AvgIpc) is 2.45. The molecule has 1 amide bonds. The number of nitrogens with zero attached hydrogens (tertiary/aromatic N) is 1. The van der Waals surface area contributed by atoms with Gasteiger partial charge in [0, 0.05) is 6.04 Å². The van der Waals surface area contributed by atoms with Crippen molar-refractivity contribution in [1.29, 1.82) is 0 Å². The first-order chi connectivity index (χ1) is 9.80. The van der Waals surface area contributed by atoms with Crippen molar-refractivity contribution in [2.45, 2.75) is 57.8 Å². The molecule has 4 nitrogen and oxygen atoms in total. The summed E-state index contributed by atoms with van der Waals surface area (Å²) in [6, 6.07) is -0.394. The number of halogens is 3. The van der Waals surface area contributed by atoms with E-state index in [4.69, 9.17) is 5.73 Å². The lowest BCUT2D eigenvalue weighted by atomic mass is 9.83. The number of hydrogen-bond acceptors (Lipinski definition) is 3. The summed E-state index contributed by atoms with van der Waals surface area (Å²) in [5, 5.41) is 1.97. The van der Waals surface area contributed by atoms with E-state index in [9.17, 15) is 18.0 Å². The summed E-state index contributed by atoms with van der Waals surface area (Å²) in [6.45, 7) is 3.49. The second kappa shape index (κ2) is 7.98. The van der Waals surface area contributed by atoms with Gasteiger partial charge in [0.25, 0.3) is 0 Å². The second-order valence-electron chi connectivity index (χ2n) is 5.69. The Morgan fingerprint density at radius 2 is 2.00 bits per heavy atom. The number of carbonyl (C=O) groups excluding carboxylic acids is 1. The van der Waals surface area contributed by atoms with Crippen LogP contribution < -0.4 is 11.1 Å². The van der Waals surface area contributed by atoms with Gasteiger partial charge in [-0.1, -0.05) is 19.8 Å². The summed E-state index contributed by atoms with van der Waals surface area (Å²) in [4.78, 5) is 13.9. The van der Waals surface area contributed by atoms with E-state index in [1.165, 1.54) is 0 Å². The molecule has 1 fully saturated rings. The van der Waals surface area contributed by atoms with Crippen molar-refractivity contribution >= 4 is 5.91 Å². The quantitative estimate of drug-likeness (QED) is 0.788. The Bertz CT molecular complexity index is 336. The maximum atomic E-state index is 12.2. The van der Waals surface area contributed by atoms with E-state index in [1.807, 2.05) is 17.1 Å². The standard InChI is InChI=1S/C14H26F3N3O/c1-3-20(12-7-5-4-6-11(12)8-18)10(2)13(21)19-9-14(15,16)17/h10-12H,3-9,18H2,1-2H3,(H,19,21). The Hall–Kier alpha value is -0.820. The van der Waals surface area contributed by atoms with E-state index in [0.29, 0.717) is 19.0 Å². The number of nitrogens with one attached hydrogen (secondary N) is 1. The number of amides is 1. The fraction of sp³-hybridized carbons (Fsp3) is 0.929. The monoisotopic (exact) mass is 309 g/mol. The van der Waals surface area contributed by atoms with Gasteiger partial charge in [-0.2, -0.15) is 13.2 Å². The summed E-state index contributed by atoms with van der Waals surface area (Å²) >= 11 is 0. The normalized spacial score (nSPS) is 24.9. The van der Waals surface area contributed by atoms with Gasteiger partial charge in [0.2, 0.25) is 5.91 Å². The van der Waals surface area contributed by atoms with Crippen LogP contribution in [0, 0.1) is 5.92 Å². The van der Waals surface area contributed by atoms with Crippen LogP contribution >= 0.6 is 0 Å². The minimum atomic E-state index is -4.38. The molecule has 1 aliphatic rings. The van der Waals surface area contributed by atoms with Gasteiger partial charge in [0.15, 0.2) is 0 Å². The summed E-state index contributed by atoms with van der Waals surface area (Å²) in [6.07, 6.45) is -0.197. The van der Waals surface area contributed by atoms with E-state index >= 15 is 0 Å². The molecule has 1 rings (SSSR count). The summed E-state index contributed by atoms with van der Waals surface area (Å²) in [5.41, 5.74) is 5.80. The van der Waals surface area contributed by atoms with E-state index in [2.05, 4.69) is 0 Å². The lowest BCUT2D eigenvalue weighted by molar-refractivity contribution is -0.142. The van der Waals surface area contributed by atoms with E-state index < -0.39 is 24.7 Å². The lowest BCUT2D eigenvalue weighted by Gasteiger charge is -2.41. The second-order valence-corrected chi connectivity index (χ2v) is 5.69. The van der Waals surface area contributed by atoms with Crippen LogP contribution in [0.25, 0.3) is 0 Å². The lowest BCUT2D eigenvalue weighted by Crippen LogP contribution is -2.54. The van der Waals surface area contributed by atoms with Gasteiger partial charge in [-0.25, -0.2) is 0 Å². The van der Waals surface area contributed by atoms with Crippen LogP contribution in [0.5, 0.6) is 0 Å². The van der Waals surface area contributed by atoms with Crippen LogP contribution in [-0.2, 0) is 4.79 Å². The van der Waals surface area contributed by atoms with Crippen molar-refractivity contribution < 1.29 is 18.0 Å². The van der Waals surface area contributed by atoms with Crippen molar-refractivity contribution in [3.05, 3.63) is 0 Å². The Kier molecular flexibility index (Phi) is 6.93. The molecule has 0 aromatic rings. The number of likely N-dealkylation sites (N-methyl/N-ethyl adjacent to an activating group) is 1. The Labute approximate surface area is 124 Å². The molecule has 0 radical (unpaired) electrons. The Morgan fingerprint density at radius 3 is 2.52 bits per heavy atom. The highest BCUT2D eigenvalue weighted by Crippen LogP contribution is 2.29. The van der Waals surface area contributed by atoms with Gasteiger partial charge < -0.3 is 11.1 Å². The molecule has 0 aromatic heterocycles. The van der Waals surface area contributed by atoms with Crippen molar-refractivity contribution in [3.8, 4) is 0 Å². The van der Waals surface area contributed by atoms with Gasteiger partial charge in [-0.15, -0.1) is 0 Å². The van der Waals surface area contributed by atoms with Gasteiger partial charge in [0.05, 0.1) is 6.04 Å². The molecule has 0 aromatic carbocycles. The maximum absolute atomic E-state index is 12.2. The molecule has 0 heterocycles. The number of carbonyl (C=O) groups is 1. The van der Waals surface area contributed by atoms with Gasteiger partial charge in [-0.3, -0.25) is 9.69 Å². The molecule has 124 valence electrons. The van der Waals surface area contributed by atoms with E-state index in [0.717, 1.165) is 25.7 Å². The molecule has 21 heavy (non-hydrogen) atoms. The molecule has 0 aliphatic heterocycles. The van der Waals surface area contributed by atoms with Crippen LogP contribution in [0.2, 0.25) is 0 Å². The molecular formula is C14H26F3N3O. The van der Waals surface area contributed by atoms with Gasteiger partial charge in [-0.05, 0) is 38.8 Å². The van der Waals surface area contributed by atoms with Crippen molar-refractivity contribution in [3.63, 3.8) is 0 Å². The predicted octanol–water partition coefficient (Wildman–Crippen LogP) is 1.89. The summed E-state index contributed by atoms with van der Waals surface area (Å²) in [5.74, 6) is -0.257. The number of alkyl halides is 3. The fourth-order valence-electron chi connectivity index (χ4n) is 3.18. The summed E-state index contributed by atoms with van der Waals surface area (Å²) < 4.78 is 36.6. The molecule has 0 bridgehead atoms. The largest absolute Gasteiger partial charge is 0.405 e.